The van der Waals surface area contributed by atoms with E-state index in [0.29, 0.717) is 21.7 Å². The van der Waals surface area contributed by atoms with Crippen LogP contribution >= 0.6 is 23.4 Å². The van der Waals surface area contributed by atoms with E-state index in [0.717, 1.165) is 4.90 Å². The molecule has 0 atom stereocenters. The molecule has 1 heterocycles. The van der Waals surface area contributed by atoms with Crippen LogP contribution in [-0.2, 0) is 4.79 Å². The third-order valence-electron chi connectivity index (χ3n) is 3.27. The number of para-hydroxylation sites is 1. The molecule has 0 unspecified atom stereocenters. The lowest BCUT2D eigenvalue weighted by atomic mass is 10.2. The number of carbonyl (C=O) groups is 2. The van der Waals surface area contributed by atoms with E-state index in [1.165, 1.54) is 11.8 Å². The van der Waals surface area contributed by atoms with Gasteiger partial charge < -0.3 is 15.5 Å². The Bertz CT molecular complexity index is 906. The van der Waals surface area contributed by atoms with Crippen molar-refractivity contribution in [3.63, 3.8) is 0 Å². The van der Waals surface area contributed by atoms with Crippen LogP contribution in [0.4, 0.5) is 5.69 Å². The summed E-state index contributed by atoms with van der Waals surface area (Å²) in [7, 11) is 0. The smallest absolute Gasteiger partial charge is 0.286 e. The fraction of sp³-hybridized carbons (Fsp3) is 0.0588. The van der Waals surface area contributed by atoms with Gasteiger partial charge in [-0.15, -0.1) is 11.8 Å². The maximum atomic E-state index is 12.2. The number of anilines is 1. The van der Waals surface area contributed by atoms with Gasteiger partial charge in [-0.3, -0.25) is 9.59 Å². The van der Waals surface area contributed by atoms with E-state index in [2.05, 4.69) is 5.32 Å². The molecule has 3 aromatic rings. The van der Waals surface area contributed by atoms with Gasteiger partial charge in [-0.25, -0.2) is 0 Å². The molecule has 0 fully saturated rings. The quantitative estimate of drug-likeness (QED) is 0.675. The van der Waals surface area contributed by atoms with Crippen molar-refractivity contribution in [2.75, 3.05) is 11.1 Å². The number of hydrogen-bond acceptors (Lipinski definition) is 4. The summed E-state index contributed by atoms with van der Waals surface area (Å²) in [5, 5.41) is 3.99. The molecular formula is C17H13ClN2O3S. The third kappa shape index (κ3) is 3.55. The normalized spacial score (nSPS) is 10.7. The molecule has 2 aromatic carbocycles. The van der Waals surface area contributed by atoms with Crippen molar-refractivity contribution in [2.24, 2.45) is 5.73 Å². The maximum Gasteiger partial charge on any atom is 0.286 e. The second kappa shape index (κ2) is 6.98. The second-order valence-corrected chi connectivity index (χ2v) is 6.44. The van der Waals surface area contributed by atoms with Gasteiger partial charge in [-0.2, -0.15) is 0 Å². The Morgan fingerprint density at radius 1 is 1.12 bits per heavy atom. The standard InChI is InChI=1S/C17H13ClN2O3S/c18-10-5-7-11(8-6-10)24-9-14(21)20-15-12-3-1-2-4-13(12)23-16(15)17(19)22/h1-8H,9H2,(H2,19,22)(H,20,21). The third-order valence-corrected chi connectivity index (χ3v) is 4.53. The van der Waals surface area contributed by atoms with E-state index in [1.54, 1.807) is 36.4 Å². The number of rotatable bonds is 5. The van der Waals surface area contributed by atoms with Gasteiger partial charge in [0.1, 0.15) is 11.3 Å². The van der Waals surface area contributed by atoms with Crippen molar-refractivity contribution in [1.29, 1.82) is 0 Å². The lowest BCUT2D eigenvalue weighted by Crippen LogP contribution is -2.18. The number of benzene rings is 2. The summed E-state index contributed by atoms with van der Waals surface area (Å²) in [5.41, 5.74) is 6.13. The van der Waals surface area contributed by atoms with Gasteiger partial charge in [0.15, 0.2) is 0 Å². The van der Waals surface area contributed by atoms with E-state index in [1.807, 2.05) is 12.1 Å². The van der Waals surface area contributed by atoms with Crippen molar-refractivity contribution in [1.82, 2.24) is 0 Å². The number of nitrogens with two attached hydrogens (primary N) is 1. The average molecular weight is 361 g/mol. The Kier molecular flexibility index (Phi) is 4.78. The van der Waals surface area contributed by atoms with Crippen LogP contribution in [0.2, 0.25) is 5.02 Å². The molecule has 0 saturated heterocycles. The zero-order valence-corrected chi connectivity index (χ0v) is 14.0. The molecule has 0 saturated carbocycles. The Morgan fingerprint density at radius 2 is 1.83 bits per heavy atom. The first kappa shape index (κ1) is 16.4. The zero-order chi connectivity index (χ0) is 17.1. The Morgan fingerprint density at radius 3 is 2.54 bits per heavy atom. The van der Waals surface area contributed by atoms with Crippen LogP contribution in [0.5, 0.6) is 0 Å². The number of nitrogens with one attached hydrogen (secondary N) is 1. The predicted molar refractivity (Wildman–Crippen MR) is 95.5 cm³/mol. The molecule has 3 rings (SSSR count). The predicted octanol–water partition coefficient (Wildman–Crippen LogP) is 3.92. The fourth-order valence-electron chi connectivity index (χ4n) is 2.20. The van der Waals surface area contributed by atoms with Gasteiger partial charge >= 0.3 is 0 Å². The van der Waals surface area contributed by atoms with Crippen molar-refractivity contribution in [2.45, 2.75) is 4.90 Å². The largest absolute Gasteiger partial charge is 0.449 e. The number of hydrogen-bond donors (Lipinski definition) is 2. The highest BCUT2D eigenvalue weighted by Crippen LogP contribution is 2.31. The van der Waals surface area contributed by atoms with Gasteiger partial charge in [-0.1, -0.05) is 23.7 Å². The van der Waals surface area contributed by atoms with Crippen molar-refractivity contribution >= 4 is 51.8 Å². The van der Waals surface area contributed by atoms with Gasteiger partial charge in [0, 0.05) is 15.3 Å². The van der Waals surface area contributed by atoms with Gasteiger partial charge in [0.2, 0.25) is 11.7 Å². The van der Waals surface area contributed by atoms with Crippen molar-refractivity contribution in [3.8, 4) is 0 Å². The van der Waals surface area contributed by atoms with Crippen LogP contribution in [0.25, 0.3) is 11.0 Å². The highest BCUT2D eigenvalue weighted by atomic mass is 35.5. The number of thioether (sulfide) groups is 1. The average Bonchev–Trinajstić information content (AvgIpc) is 2.93. The number of fused-ring (bicyclic) bond motifs is 1. The van der Waals surface area contributed by atoms with E-state index in [4.69, 9.17) is 21.8 Å². The highest BCUT2D eigenvalue weighted by molar-refractivity contribution is 8.00. The molecule has 0 aliphatic heterocycles. The first-order valence-electron chi connectivity index (χ1n) is 7.04. The lowest BCUT2D eigenvalue weighted by Gasteiger charge is -2.05. The summed E-state index contributed by atoms with van der Waals surface area (Å²) < 4.78 is 5.43. The summed E-state index contributed by atoms with van der Waals surface area (Å²) in [4.78, 5) is 24.7. The summed E-state index contributed by atoms with van der Waals surface area (Å²) in [6.07, 6.45) is 0. The summed E-state index contributed by atoms with van der Waals surface area (Å²) >= 11 is 7.19. The van der Waals surface area contributed by atoms with E-state index < -0.39 is 5.91 Å². The molecule has 1 aromatic heterocycles. The van der Waals surface area contributed by atoms with Gasteiger partial charge in [0.25, 0.3) is 5.91 Å². The molecule has 7 heteroatoms. The fourth-order valence-corrected chi connectivity index (χ4v) is 3.02. The Labute approximate surface area is 147 Å². The first-order chi connectivity index (χ1) is 11.5. The number of furan rings is 1. The van der Waals surface area contributed by atoms with E-state index >= 15 is 0 Å². The molecule has 5 nitrogen and oxygen atoms in total. The van der Waals surface area contributed by atoms with Crippen LogP contribution in [0.1, 0.15) is 10.6 Å². The minimum atomic E-state index is -0.730. The summed E-state index contributed by atoms with van der Waals surface area (Å²) in [6.45, 7) is 0. The molecule has 0 radical (unpaired) electrons. The van der Waals surface area contributed by atoms with Gasteiger partial charge in [-0.05, 0) is 36.4 Å². The van der Waals surface area contributed by atoms with Crippen LogP contribution in [-0.4, -0.2) is 17.6 Å². The summed E-state index contributed by atoms with van der Waals surface area (Å²) in [6, 6.07) is 14.2. The number of carbonyl (C=O) groups excluding carboxylic acids is 2. The molecule has 0 aliphatic carbocycles. The maximum absolute atomic E-state index is 12.2. The highest BCUT2D eigenvalue weighted by Gasteiger charge is 2.20. The molecule has 0 bridgehead atoms. The van der Waals surface area contributed by atoms with Gasteiger partial charge in [0.05, 0.1) is 5.75 Å². The first-order valence-corrected chi connectivity index (χ1v) is 8.40. The Hall–Kier alpha value is -2.44. The molecule has 122 valence electrons. The minimum Gasteiger partial charge on any atom is -0.449 e. The molecule has 0 spiro atoms. The van der Waals surface area contributed by atoms with Crippen LogP contribution < -0.4 is 11.1 Å². The Balaban J connectivity index is 1.76. The number of halogens is 1. The topological polar surface area (TPSA) is 85.3 Å². The molecule has 24 heavy (non-hydrogen) atoms. The number of primary amides is 1. The van der Waals surface area contributed by atoms with E-state index in [9.17, 15) is 9.59 Å². The molecular weight excluding hydrogens is 348 g/mol. The van der Waals surface area contributed by atoms with Crippen molar-refractivity contribution in [3.05, 3.63) is 59.3 Å². The second-order valence-electron chi connectivity index (χ2n) is 4.96. The number of amides is 2. The molecule has 2 amide bonds. The van der Waals surface area contributed by atoms with Crippen molar-refractivity contribution < 1.29 is 14.0 Å². The van der Waals surface area contributed by atoms with Crippen LogP contribution in [0.3, 0.4) is 0 Å². The molecule has 0 aliphatic rings. The minimum absolute atomic E-state index is 0.0546. The SMILES string of the molecule is NC(=O)c1oc2ccccc2c1NC(=O)CSc1ccc(Cl)cc1. The van der Waals surface area contributed by atoms with E-state index in [-0.39, 0.29) is 17.4 Å². The van der Waals surface area contributed by atoms with Crippen LogP contribution in [0, 0.1) is 0 Å². The monoisotopic (exact) mass is 360 g/mol. The van der Waals surface area contributed by atoms with Crippen LogP contribution in [0.15, 0.2) is 57.8 Å². The summed E-state index contributed by atoms with van der Waals surface area (Å²) in [5.74, 6) is -0.865. The lowest BCUT2D eigenvalue weighted by molar-refractivity contribution is -0.113. The molecule has 3 N–H and O–H groups in total. The zero-order valence-electron chi connectivity index (χ0n) is 12.4.